The summed E-state index contributed by atoms with van der Waals surface area (Å²) in [6.07, 6.45) is 0.371. The first-order valence-corrected chi connectivity index (χ1v) is 7.15. The maximum atomic E-state index is 11.7. The average Bonchev–Trinajstić information content (AvgIpc) is 2.40. The molecule has 0 radical (unpaired) electrons. The number of nitrogen functional groups attached to an aromatic ring is 1. The van der Waals surface area contributed by atoms with Gasteiger partial charge in [0.05, 0.1) is 11.4 Å². The predicted molar refractivity (Wildman–Crippen MR) is 85.2 cm³/mol. The molecule has 0 atom stereocenters. The topological polar surface area (TPSA) is 96.2 Å². The minimum absolute atomic E-state index is 0.00462. The smallest absolute Gasteiger partial charge is 0.251 e. The van der Waals surface area contributed by atoms with Crippen LogP contribution in [0.25, 0.3) is 0 Å². The molecule has 1 rings (SSSR count). The predicted octanol–water partition coefficient (Wildman–Crippen LogP) is 1.35. The molecule has 0 heterocycles. The summed E-state index contributed by atoms with van der Waals surface area (Å²) in [4.78, 5) is 23.2. The molecule has 0 saturated carbocycles. The van der Waals surface area contributed by atoms with Crippen LogP contribution < -0.4 is 21.7 Å². The molecule has 6 nitrogen and oxygen atoms in total. The number of carbonyl (C=O) groups is 2. The van der Waals surface area contributed by atoms with Crippen LogP contribution in [0.4, 0.5) is 11.4 Å². The fourth-order valence-electron chi connectivity index (χ4n) is 1.83. The molecule has 116 valence electrons. The van der Waals surface area contributed by atoms with Gasteiger partial charge in [-0.3, -0.25) is 9.59 Å². The second-order valence-electron chi connectivity index (χ2n) is 5.06. The molecule has 1 aromatic rings. The Morgan fingerprint density at radius 3 is 2.57 bits per heavy atom. The van der Waals surface area contributed by atoms with E-state index in [9.17, 15) is 9.59 Å². The zero-order chi connectivity index (χ0) is 15.8. The van der Waals surface area contributed by atoms with Gasteiger partial charge in [0.1, 0.15) is 0 Å². The van der Waals surface area contributed by atoms with Crippen molar-refractivity contribution in [3.8, 4) is 0 Å². The lowest BCUT2D eigenvalue weighted by Gasteiger charge is -2.12. The Kier molecular flexibility index (Phi) is 6.52. The third kappa shape index (κ3) is 5.72. The minimum atomic E-state index is -0.146. The Morgan fingerprint density at radius 2 is 2.00 bits per heavy atom. The highest BCUT2D eigenvalue weighted by atomic mass is 16.2. The average molecular weight is 292 g/mol. The fourth-order valence-corrected chi connectivity index (χ4v) is 1.83. The van der Waals surface area contributed by atoms with Gasteiger partial charge in [-0.15, -0.1) is 0 Å². The number of carbonyl (C=O) groups excluding carboxylic acids is 2. The van der Waals surface area contributed by atoms with Gasteiger partial charge in [-0.05, 0) is 39.0 Å². The van der Waals surface area contributed by atoms with Crippen molar-refractivity contribution in [2.75, 3.05) is 24.1 Å². The number of anilines is 2. The maximum absolute atomic E-state index is 11.7. The third-order valence-electron chi connectivity index (χ3n) is 2.77. The van der Waals surface area contributed by atoms with Gasteiger partial charge in [-0.1, -0.05) is 0 Å². The van der Waals surface area contributed by atoms with E-state index in [-0.39, 0.29) is 17.9 Å². The number of benzene rings is 1. The van der Waals surface area contributed by atoms with Crippen LogP contribution in [-0.2, 0) is 4.79 Å². The normalized spacial score (nSPS) is 10.3. The molecule has 0 aliphatic carbocycles. The van der Waals surface area contributed by atoms with Gasteiger partial charge in [0.25, 0.3) is 5.91 Å². The molecular weight excluding hydrogens is 268 g/mol. The van der Waals surface area contributed by atoms with Gasteiger partial charge in [-0.2, -0.15) is 0 Å². The quantitative estimate of drug-likeness (QED) is 0.570. The van der Waals surface area contributed by atoms with Crippen LogP contribution in [0.3, 0.4) is 0 Å². The summed E-state index contributed by atoms with van der Waals surface area (Å²) < 4.78 is 0. The first kappa shape index (κ1) is 16.8. The standard InChI is InChI=1S/C15H24N4O2/c1-4-17-15(21)11-5-6-13(12(16)9-11)18-8-7-14(20)19-10(2)3/h5-6,9-10,18H,4,7-8,16H2,1-3H3,(H,17,21)(H,19,20). The molecule has 0 saturated heterocycles. The van der Waals surface area contributed by atoms with Gasteiger partial charge in [0.2, 0.25) is 5.91 Å². The van der Waals surface area contributed by atoms with Crippen LogP contribution in [0, 0.1) is 0 Å². The summed E-state index contributed by atoms with van der Waals surface area (Å²) in [5, 5.41) is 8.63. The number of nitrogens with one attached hydrogen (secondary N) is 3. The molecule has 0 unspecified atom stereocenters. The summed E-state index contributed by atoms with van der Waals surface area (Å²) in [5.41, 5.74) is 7.65. The van der Waals surface area contributed by atoms with E-state index in [0.717, 1.165) is 5.69 Å². The Balaban J connectivity index is 2.53. The van der Waals surface area contributed by atoms with Crippen molar-refractivity contribution in [3.63, 3.8) is 0 Å². The Bertz CT molecular complexity index is 500. The third-order valence-corrected chi connectivity index (χ3v) is 2.77. The van der Waals surface area contributed by atoms with Crippen LogP contribution in [0.2, 0.25) is 0 Å². The number of nitrogens with two attached hydrogens (primary N) is 1. The highest BCUT2D eigenvalue weighted by Crippen LogP contribution is 2.19. The van der Waals surface area contributed by atoms with Gasteiger partial charge < -0.3 is 21.7 Å². The zero-order valence-corrected chi connectivity index (χ0v) is 12.8. The second-order valence-corrected chi connectivity index (χ2v) is 5.06. The van der Waals surface area contributed by atoms with E-state index in [1.807, 2.05) is 20.8 Å². The van der Waals surface area contributed by atoms with E-state index in [1.165, 1.54) is 0 Å². The largest absolute Gasteiger partial charge is 0.397 e. The number of rotatable bonds is 7. The maximum Gasteiger partial charge on any atom is 0.251 e. The van der Waals surface area contributed by atoms with Crippen LogP contribution in [-0.4, -0.2) is 30.9 Å². The van der Waals surface area contributed by atoms with Crippen molar-refractivity contribution in [2.45, 2.75) is 33.2 Å². The number of amides is 2. The molecule has 6 heteroatoms. The summed E-state index contributed by atoms with van der Waals surface area (Å²) >= 11 is 0. The van der Waals surface area contributed by atoms with E-state index >= 15 is 0 Å². The summed E-state index contributed by atoms with van der Waals surface area (Å²) in [6.45, 7) is 6.76. The van der Waals surface area contributed by atoms with E-state index in [1.54, 1.807) is 18.2 Å². The summed E-state index contributed by atoms with van der Waals surface area (Å²) in [5.74, 6) is -0.151. The molecule has 0 aromatic heterocycles. The SMILES string of the molecule is CCNC(=O)c1ccc(NCCC(=O)NC(C)C)c(N)c1. The van der Waals surface area contributed by atoms with Crippen LogP contribution >= 0.6 is 0 Å². The van der Waals surface area contributed by atoms with Crippen molar-refractivity contribution in [1.82, 2.24) is 10.6 Å². The molecule has 5 N–H and O–H groups in total. The van der Waals surface area contributed by atoms with Crippen molar-refractivity contribution in [3.05, 3.63) is 23.8 Å². The summed E-state index contributed by atoms with van der Waals surface area (Å²) in [7, 11) is 0. The molecular formula is C15H24N4O2. The molecule has 2 amide bonds. The number of hydrogen-bond donors (Lipinski definition) is 4. The lowest BCUT2D eigenvalue weighted by molar-refractivity contribution is -0.121. The van der Waals surface area contributed by atoms with Crippen molar-refractivity contribution >= 4 is 23.2 Å². The second kappa shape index (κ2) is 8.14. The molecule has 0 fully saturated rings. The van der Waals surface area contributed by atoms with E-state index in [2.05, 4.69) is 16.0 Å². The van der Waals surface area contributed by atoms with Crippen LogP contribution in [0.15, 0.2) is 18.2 Å². The Hall–Kier alpha value is -2.24. The monoisotopic (exact) mass is 292 g/mol. The van der Waals surface area contributed by atoms with Gasteiger partial charge in [0.15, 0.2) is 0 Å². The van der Waals surface area contributed by atoms with Crippen molar-refractivity contribution < 1.29 is 9.59 Å². The summed E-state index contributed by atoms with van der Waals surface area (Å²) in [6, 6.07) is 5.22. The zero-order valence-electron chi connectivity index (χ0n) is 12.8. The van der Waals surface area contributed by atoms with E-state index in [0.29, 0.717) is 30.8 Å². The highest BCUT2D eigenvalue weighted by Gasteiger charge is 2.08. The Labute approximate surface area is 125 Å². The fraction of sp³-hybridized carbons (Fsp3) is 0.467. The van der Waals surface area contributed by atoms with Crippen LogP contribution in [0.1, 0.15) is 37.6 Å². The van der Waals surface area contributed by atoms with Crippen molar-refractivity contribution in [1.29, 1.82) is 0 Å². The Morgan fingerprint density at radius 1 is 1.29 bits per heavy atom. The lowest BCUT2D eigenvalue weighted by atomic mass is 10.1. The van der Waals surface area contributed by atoms with E-state index < -0.39 is 0 Å². The first-order chi connectivity index (χ1) is 9.93. The van der Waals surface area contributed by atoms with Gasteiger partial charge in [0, 0.05) is 31.1 Å². The molecule has 1 aromatic carbocycles. The first-order valence-electron chi connectivity index (χ1n) is 7.15. The molecule has 21 heavy (non-hydrogen) atoms. The molecule has 0 bridgehead atoms. The van der Waals surface area contributed by atoms with Crippen LogP contribution in [0.5, 0.6) is 0 Å². The number of hydrogen-bond acceptors (Lipinski definition) is 4. The minimum Gasteiger partial charge on any atom is -0.397 e. The van der Waals surface area contributed by atoms with E-state index in [4.69, 9.17) is 5.73 Å². The van der Waals surface area contributed by atoms with Gasteiger partial charge in [-0.25, -0.2) is 0 Å². The van der Waals surface area contributed by atoms with Crippen molar-refractivity contribution in [2.24, 2.45) is 0 Å². The molecule has 0 aliphatic heterocycles. The molecule has 0 aliphatic rings. The van der Waals surface area contributed by atoms with Gasteiger partial charge >= 0.3 is 0 Å². The highest BCUT2D eigenvalue weighted by molar-refractivity contribution is 5.96. The lowest BCUT2D eigenvalue weighted by Crippen LogP contribution is -2.31. The molecule has 0 spiro atoms.